The topological polar surface area (TPSA) is 55.1 Å². The Morgan fingerprint density at radius 1 is 1.29 bits per heavy atom. The van der Waals surface area contributed by atoms with Crippen molar-refractivity contribution in [3.63, 3.8) is 0 Å². The van der Waals surface area contributed by atoms with Crippen molar-refractivity contribution in [2.75, 3.05) is 0 Å². The Labute approximate surface area is 133 Å². The van der Waals surface area contributed by atoms with Crippen molar-refractivity contribution in [2.45, 2.75) is 57.0 Å². The van der Waals surface area contributed by atoms with Crippen LogP contribution in [0.5, 0.6) is 0 Å². The van der Waals surface area contributed by atoms with Crippen molar-refractivity contribution in [3.8, 4) is 0 Å². The molecule has 3 N–H and O–H groups in total. The molecule has 1 aromatic carbocycles. The number of hydrogen-bond donors (Lipinski definition) is 2. The number of hydrogen-bond acceptors (Lipinski definition) is 2. The molecule has 1 aromatic rings. The maximum Gasteiger partial charge on any atom is 0.225 e. The fourth-order valence-corrected chi connectivity index (χ4v) is 3.77. The zero-order valence-electron chi connectivity index (χ0n) is 12.6. The second kappa shape index (κ2) is 6.37. The number of nitrogens with one attached hydrogen (secondary N) is 1. The molecule has 2 aliphatic carbocycles. The van der Waals surface area contributed by atoms with Gasteiger partial charge in [-0.3, -0.25) is 4.79 Å². The maximum atomic E-state index is 12.6. The van der Waals surface area contributed by atoms with Crippen LogP contribution in [-0.4, -0.2) is 11.4 Å². The number of halogens is 1. The van der Waals surface area contributed by atoms with Gasteiger partial charge in [-0.1, -0.05) is 37.1 Å². The Kier molecular flexibility index (Phi) is 4.95. The summed E-state index contributed by atoms with van der Waals surface area (Å²) in [5.74, 6) is 0.111. The van der Waals surface area contributed by atoms with Crippen LogP contribution in [0.1, 0.15) is 56.2 Å². The Bertz CT molecular complexity index is 515. The molecule has 0 radical (unpaired) electrons. The lowest BCUT2D eigenvalue weighted by Crippen LogP contribution is -2.53. The Morgan fingerprint density at radius 2 is 2.05 bits per heavy atom. The minimum absolute atomic E-state index is 0. The fourth-order valence-electron chi connectivity index (χ4n) is 3.77. The average Bonchev–Trinajstić information content (AvgIpc) is 2.81. The monoisotopic (exact) mass is 308 g/mol. The smallest absolute Gasteiger partial charge is 0.225 e. The van der Waals surface area contributed by atoms with Crippen LogP contribution >= 0.6 is 12.4 Å². The van der Waals surface area contributed by atoms with Gasteiger partial charge in [0.05, 0.1) is 12.0 Å². The summed E-state index contributed by atoms with van der Waals surface area (Å²) in [7, 11) is 0. The van der Waals surface area contributed by atoms with Crippen molar-refractivity contribution in [3.05, 3.63) is 35.4 Å². The zero-order valence-corrected chi connectivity index (χ0v) is 13.4. The summed E-state index contributed by atoms with van der Waals surface area (Å²) < 4.78 is 0. The first kappa shape index (κ1) is 16.3. The molecule has 0 heterocycles. The van der Waals surface area contributed by atoms with E-state index < -0.39 is 0 Å². The minimum Gasteiger partial charge on any atom is -0.349 e. The molecule has 1 amide bonds. The summed E-state index contributed by atoms with van der Waals surface area (Å²) >= 11 is 0. The first-order valence-electron chi connectivity index (χ1n) is 7.75. The summed E-state index contributed by atoms with van der Waals surface area (Å²) in [6, 6.07) is 8.60. The molecule has 0 aliphatic heterocycles. The van der Waals surface area contributed by atoms with E-state index in [1.807, 2.05) is 6.92 Å². The molecule has 3 atom stereocenters. The number of carbonyl (C=O) groups excluding carboxylic acids is 1. The van der Waals surface area contributed by atoms with Gasteiger partial charge in [-0.15, -0.1) is 12.4 Å². The summed E-state index contributed by atoms with van der Waals surface area (Å²) in [6.07, 6.45) is 6.21. The number of aryl methyl sites for hydroxylation is 1. The Hall–Kier alpha value is -1.06. The molecule has 0 spiro atoms. The van der Waals surface area contributed by atoms with Crippen LogP contribution in [-0.2, 0) is 11.2 Å². The molecule has 1 fully saturated rings. The predicted octanol–water partition coefficient (Wildman–Crippen LogP) is 3.12. The van der Waals surface area contributed by atoms with E-state index in [4.69, 9.17) is 5.73 Å². The first-order valence-corrected chi connectivity index (χ1v) is 7.75. The van der Waals surface area contributed by atoms with Gasteiger partial charge in [0, 0.05) is 5.54 Å². The second-order valence-corrected chi connectivity index (χ2v) is 6.60. The van der Waals surface area contributed by atoms with Crippen molar-refractivity contribution in [2.24, 2.45) is 11.7 Å². The van der Waals surface area contributed by atoms with Crippen LogP contribution in [0, 0.1) is 5.92 Å². The second-order valence-electron chi connectivity index (χ2n) is 6.60. The summed E-state index contributed by atoms with van der Waals surface area (Å²) in [6.45, 7) is 2.03. The van der Waals surface area contributed by atoms with Gasteiger partial charge in [-0.2, -0.15) is 0 Å². The van der Waals surface area contributed by atoms with Crippen LogP contribution in [0.15, 0.2) is 24.3 Å². The number of nitrogens with two attached hydrogens (primary N) is 1. The SMILES string of the molecule is CC1(N)CCCCC1C(=O)NC1CCc2ccccc21.Cl. The van der Waals surface area contributed by atoms with E-state index in [0.717, 1.165) is 38.5 Å². The van der Waals surface area contributed by atoms with Gasteiger partial charge in [-0.05, 0) is 43.7 Å². The highest BCUT2D eigenvalue weighted by atomic mass is 35.5. The van der Waals surface area contributed by atoms with Crippen molar-refractivity contribution in [1.82, 2.24) is 5.32 Å². The standard InChI is InChI=1S/C17H24N2O.ClH/c1-17(18)11-5-4-8-14(17)16(20)19-15-10-9-12-6-2-3-7-13(12)15;/h2-3,6-7,14-15H,4-5,8-11,18H2,1H3,(H,19,20);1H. The quantitative estimate of drug-likeness (QED) is 0.882. The molecule has 0 aromatic heterocycles. The highest BCUT2D eigenvalue weighted by Gasteiger charge is 2.38. The molecule has 4 heteroatoms. The number of benzene rings is 1. The molecular formula is C17H25ClN2O. The highest BCUT2D eigenvalue weighted by molar-refractivity contribution is 5.85. The van der Waals surface area contributed by atoms with E-state index in [2.05, 4.69) is 29.6 Å². The fraction of sp³-hybridized carbons (Fsp3) is 0.588. The van der Waals surface area contributed by atoms with Crippen LogP contribution in [0.3, 0.4) is 0 Å². The third kappa shape index (κ3) is 3.24. The lowest BCUT2D eigenvalue weighted by atomic mass is 9.74. The zero-order chi connectivity index (χ0) is 14.2. The lowest BCUT2D eigenvalue weighted by molar-refractivity contribution is -0.128. The Balaban J connectivity index is 0.00000161. The lowest BCUT2D eigenvalue weighted by Gasteiger charge is -2.37. The molecule has 0 bridgehead atoms. The Morgan fingerprint density at radius 3 is 2.81 bits per heavy atom. The molecule has 2 aliphatic rings. The van der Waals surface area contributed by atoms with E-state index in [1.165, 1.54) is 11.1 Å². The van der Waals surface area contributed by atoms with E-state index in [1.54, 1.807) is 0 Å². The van der Waals surface area contributed by atoms with Crippen molar-refractivity contribution >= 4 is 18.3 Å². The first-order chi connectivity index (χ1) is 9.58. The summed E-state index contributed by atoms with van der Waals surface area (Å²) in [5, 5.41) is 3.24. The molecule has 3 nitrogen and oxygen atoms in total. The molecule has 1 saturated carbocycles. The van der Waals surface area contributed by atoms with E-state index in [0.29, 0.717) is 0 Å². The molecule has 0 saturated heterocycles. The number of fused-ring (bicyclic) bond motifs is 1. The summed E-state index contributed by atoms with van der Waals surface area (Å²) in [4.78, 5) is 12.6. The highest BCUT2D eigenvalue weighted by Crippen LogP contribution is 2.34. The summed E-state index contributed by atoms with van der Waals surface area (Å²) in [5.41, 5.74) is 8.64. The van der Waals surface area contributed by atoms with Crippen LogP contribution in [0.25, 0.3) is 0 Å². The van der Waals surface area contributed by atoms with Gasteiger partial charge in [0.1, 0.15) is 0 Å². The average molecular weight is 309 g/mol. The van der Waals surface area contributed by atoms with Crippen LogP contribution in [0.2, 0.25) is 0 Å². The van der Waals surface area contributed by atoms with E-state index in [9.17, 15) is 4.79 Å². The normalized spacial score (nSPS) is 31.1. The largest absolute Gasteiger partial charge is 0.349 e. The van der Waals surface area contributed by atoms with Gasteiger partial charge in [-0.25, -0.2) is 0 Å². The van der Waals surface area contributed by atoms with Crippen LogP contribution in [0.4, 0.5) is 0 Å². The maximum absolute atomic E-state index is 12.6. The molecule has 3 unspecified atom stereocenters. The van der Waals surface area contributed by atoms with Crippen molar-refractivity contribution < 1.29 is 4.79 Å². The van der Waals surface area contributed by atoms with Gasteiger partial charge in [0.15, 0.2) is 0 Å². The molecule has 116 valence electrons. The number of amides is 1. The van der Waals surface area contributed by atoms with Gasteiger partial charge in [0.2, 0.25) is 5.91 Å². The molecular weight excluding hydrogens is 284 g/mol. The predicted molar refractivity (Wildman–Crippen MR) is 87.4 cm³/mol. The van der Waals surface area contributed by atoms with Gasteiger partial charge < -0.3 is 11.1 Å². The van der Waals surface area contributed by atoms with E-state index in [-0.39, 0.29) is 35.8 Å². The van der Waals surface area contributed by atoms with Gasteiger partial charge in [0.25, 0.3) is 0 Å². The van der Waals surface area contributed by atoms with E-state index >= 15 is 0 Å². The third-order valence-corrected chi connectivity index (χ3v) is 5.02. The minimum atomic E-state index is -0.347. The molecule has 3 rings (SSSR count). The number of rotatable bonds is 2. The number of carbonyl (C=O) groups is 1. The molecule has 21 heavy (non-hydrogen) atoms. The van der Waals surface area contributed by atoms with Crippen molar-refractivity contribution in [1.29, 1.82) is 0 Å². The van der Waals surface area contributed by atoms with Gasteiger partial charge >= 0.3 is 0 Å². The van der Waals surface area contributed by atoms with Crippen LogP contribution < -0.4 is 11.1 Å². The third-order valence-electron chi connectivity index (χ3n) is 5.02.